The monoisotopic (exact) mass is 676 g/mol. The molecule has 3 heterocycles. The molecule has 3 aliphatic rings. The molecule has 3 fully saturated rings. The minimum absolute atomic E-state index is 0.252. The number of hydrogen-bond acceptors (Lipinski definition) is 16. The third kappa shape index (κ3) is 8.48. The van der Waals surface area contributed by atoms with Gasteiger partial charge in [0.1, 0.15) is 72.4 Å². The maximum atomic E-state index is 12.1. The number of methoxy groups -OCH3 is 1. The number of aliphatic hydroxyl groups is 7. The molecule has 18 nitrogen and oxygen atoms in total. The summed E-state index contributed by atoms with van der Waals surface area (Å²) in [6, 6.07) is 3.53. The van der Waals surface area contributed by atoms with Crippen LogP contribution in [-0.2, 0) is 33.3 Å². The van der Waals surface area contributed by atoms with E-state index in [0.717, 1.165) is 13.8 Å². The average Bonchev–Trinajstić information content (AvgIpc) is 3.03. The largest absolute Gasteiger partial charge is 0.497 e. The molecule has 0 radical (unpaired) electrons. The van der Waals surface area contributed by atoms with Crippen LogP contribution in [0.3, 0.4) is 0 Å². The fourth-order valence-electron chi connectivity index (χ4n) is 5.65. The first-order valence-corrected chi connectivity index (χ1v) is 15.0. The van der Waals surface area contributed by atoms with E-state index in [0.29, 0.717) is 5.75 Å². The summed E-state index contributed by atoms with van der Waals surface area (Å²) in [7, 11) is 1.48. The molecule has 47 heavy (non-hydrogen) atoms. The van der Waals surface area contributed by atoms with E-state index in [1.54, 1.807) is 24.3 Å². The van der Waals surface area contributed by atoms with Gasteiger partial charge in [-0.3, -0.25) is 9.59 Å². The molecule has 15 atom stereocenters. The van der Waals surface area contributed by atoms with Crippen LogP contribution in [-0.4, -0.2) is 160 Å². The lowest BCUT2D eigenvalue weighted by Gasteiger charge is -2.49. The molecule has 0 aromatic heterocycles. The van der Waals surface area contributed by atoms with Crippen molar-refractivity contribution >= 4 is 11.8 Å². The lowest BCUT2D eigenvalue weighted by Crippen LogP contribution is -2.69. The number of rotatable bonds is 11. The Hall–Kier alpha value is -2.72. The van der Waals surface area contributed by atoms with E-state index in [2.05, 4.69) is 10.6 Å². The highest BCUT2D eigenvalue weighted by molar-refractivity contribution is 5.73. The van der Waals surface area contributed by atoms with Gasteiger partial charge >= 0.3 is 0 Å². The number of aliphatic hydroxyl groups excluding tert-OH is 7. The van der Waals surface area contributed by atoms with Gasteiger partial charge in [0.2, 0.25) is 18.1 Å². The van der Waals surface area contributed by atoms with E-state index in [1.807, 2.05) is 0 Å². The minimum Gasteiger partial charge on any atom is -0.497 e. The molecule has 1 aromatic rings. The summed E-state index contributed by atoms with van der Waals surface area (Å²) < 4.78 is 41.1. The lowest BCUT2D eigenvalue weighted by atomic mass is 9.95. The predicted molar refractivity (Wildman–Crippen MR) is 154 cm³/mol. The van der Waals surface area contributed by atoms with Crippen molar-refractivity contribution in [3.8, 4) is 11.5 Å². The Bertz CT molecular complexity index is 1180. The Kier molecular flexibility index (Phi) is 12.7. The number of hydrogen-bond donors (Lipinski definition) is 9. The fourth-order valence-corrected chi connectivity index (χ4v) is 5.65. The average molecular weight is 677 g/mol. The van der Waals surface area contributed by atoms with Crippen LogP contribution in [0.25, 0.3) is 0 Å². The highest BCUT2D eigenvalue weighted by Crippen LogP contribution is 2.34. The van der Waals surface area contributed by atoms with Crippen molar-refractivity contribution in [2.45, 2.75) is 113 Å². The summed E-state index contributed by atoms with van der Waals surface area (Å²) >= 11 is 0. The van der Waals surface area contributed by atoms with Crippen molar-refractivity contribution in [2.75, 3.05) is 20.3 Å². The van der Waals surface area contributed by atoms with Crippen LogP contribution in [0.4, 0.5) is 0 Å². The number of nitrogens with one attached hydrogen (secondary N) is 2. The smallest absolute Gasteiger partial charge is 0.229 e. The maximum Gasteiger partial charge on any atom is 0.229 e. The van der Waals surface area contributed by atoms with Crippen LogP contribution in [0.1, 0.15) is 20.8 Å². The van der Waals surface area contributed by atoms with E-state index in [9.17, 15) is 45.3 Å². The van der Waals surface area contributed by atoms with Crippen molar-refractivity contribution in [1.82, 2.24) is 10.6 Å². The Morgan fingerprint density at radius 3 is 1.55 bits per heavy atom. The number of amides is 2. The summed E-state index contributed by atoms with van der Waals surface area (Å²) in [5, 5.41) is 78.5. The van der Waals surface area contributed by atoms with Crippen molar-refractivity contribution in [1.29, 1.82) is 0 Å². The fraction of sp³-hybridized carbons (Fsp3) is 0.724. The third-order valence-electron chi connectivity index (χ3n) is 8.15. The summed E-state index contributed by atoms with van der Waals surface area (Å²) in [5.74, 6) is -0.465. The van der Waals surface area contributed by atoms with Crippen molar-refractivity contribution in [3.63, 3.8) is 0 Å². The van der Waals surface area contributed by atoms with Crippen molar-refractivity contribution in [3.05, 3.63) is 24.3 Å². The van der Waals surface area contributed by atoms with Gasteiger partial charge in [-0.25, -0.2) is 0 Å². The molecular formula is C29H44N2O16. The molecule has 2 amide bonds. The zero-order chi connectivity index (χ0) is 34.6. The van der Waals surface area contributed by atoms with Crippen LogP contribution in [0, 0.1) is 0 Å². The Morgan fingerprint density at radius 2 is 1.13 bits per heavy atom. The highest BCUT2D eigenvalue weighted by atomic mass is 16.8. The number of benzene rings is 1. The van der Waals surface area contributed by atoms with E-state index in [-0.39, 0.29) is 5.75 Å². The second-order valence-electron chi connectivity index (χ2n) is 11.6. The molecule has 266 valence electrons. The molecule has 3 aliphatic heterocycles. The zero-order valence-electron chi connectivity index (χ0n) is 26.2. The first-order valence-electron chi connectivity index (χ1n) is 15.0. The molecule has 4 rings (SSSR count). The van der Waals surface area contributed by atoms with Crippen molar-refractivity contribution in [2.24, 2.45) is 0 Å². The minimum atomic E-state index is -1.68. The SMILES string of the molecule is COc1ccc(O[C@@H]2O[C@@H](C)[C@H](O)[C@@H](O[C@H]3O[C@H](CO)[C@@H](O)[C@H](O)[C@@H]3NC(C)=O)[C@H]2O[C@H]2O[C@H](CO)[C@@H](O)[C@H](O)[C@H]2NC(C)=O)cc1. The normalized spacial score (nSPS) is 40.7. The van der Waals surface area contributed by atoms with E-state index >= 15 is 0 Å². The molecular weight excluding hydrogens is 632 g/mol. The molecule has 1 aromatic carbocycles. The Morgan fingerprint density at radius 1 is 0.681 bits per heavy atom. The second kappa shape index (κ2) is 16.1. The molecule has 9 N–H and O–H groups in total. The van der Waals surface area contributed by atoms with Crippen LogP contribution >= 0.6 is 0 Å². The van der Waals surface area contributed by atoms with Gasteiger partial charge in [0.05, 0.1) is 26.4 Å². The molecule has 0 unspecified atom stereocenters. The number of carbonyl (C=O) groups excluding carboxylic acids is 2. The van der Waals surface area contributed by atoms with Gasteiger partial charge in [-0.1, -0.05) is 0 Å². The van der Waals surface area contributed by atoms with Crippen LogP contribution in [0.2, 0.25) is 0 Å². The zero-order valence-corrected chi connectivity index (χ0v) is 26.2. The molecule has 0 saturated carbocycles. The summed E-state index contributed by atoms with van der Waals surface area (Å²) in [6.07, 6.45) is -19.5. The third-order valence-corrected chi connectivity index (χ3v) is 8.15. The van der Waals surface area contributed by atoms with Gasteiger partial charge in [-0.05, 0) is 31.2 Å². The van der Waals surface area contributed by atoms with Gasteiger partial charge in [-0.2, -0.15) is 0 Å². The van der Waals surface area contributed by atoms with E-state index in [1.165, 1.54) is 14.0 Å². The predicted octanol–water partition coefficient (Wildman–Crippen LogP) is -4.16. The van der Waals surface area contributed by atoms with Gasteiger partial charge < -0.3 is 79.5 Å². The first kappa shape index (κ1) is 37.1. The standard InChI is InChI=1S/C29H44N2O16/c1-11-20(36)25(46-27-18(30-12(2)34)23(39)21(37)16(9-32)44-27)26(29(42-11)43-15-7-5-14(41-4)6-8-15)47-28-19(31-13(3)35)24(40)22(38)17(10-33)45-28/h5-8,11,16-29,32-33,36-40H,9-10H2,1-4H3,(H,30,34)(H,31,35)/t11-,16+,17+,18-,19+,20-,21+,22+,23+,24+,25+,26+,27+,28+,29-/m0/s1. The van der Waals surface area contributed by atoms with E-state index < -0.39 is 117 Å². The Labute approximate surface area is 270 Å². The van der Waals surface area contributed by atoms with Crippen LogP contribution < -0.4 is 20.1 Å². The van der Waals surface area contributed by atoms with Gasteiger partial charge in [0, 0.05) is 13.8 Å². The number of ether oxygens (including phenoxy) is 7. The van der Waals surface area contributed by atoms with Gasteiger partial charge in [0.25, 0.3) is 0 Å². The second-order valence-corrected chi connectivity index (χ2v) is 11.6. The summed E-state index contributed by atoms with van der Waals surface area (Å²) in [4.78, 5) is 24.1. The van der Waals surface area contributed by atoms with Crippen molar-refractivity contribution < 1.29 is 78.5 Å². The molecule has 0 aliphatic carbocycles. The van der Waals surface area contributed by atoms with Gasteiger partial charge in [0.15, 0.2) is 18.7 Å². The van der Waals surface area contributed by atoms with Gasteiger partial charge in [-0.15, -0.1) is 0 Å². The van der Waals surface area contributed by atoms with E-state index in [4.69, 9.17) is 33.2 Å². The topological polar surface area (TPSA) is 264 Å². The van der Waals surface area contributed by atoms with Crippen LogP contribution in [0.5, 0.6) is 11.5 Å². The Balaban J connectivity index is 1.73. The molecule has 18 heteroatoms. The molecule has 0 bridgehead atoms. The molecule has 3 saturated heterocycles. The lowest BCUT2D eigenvalue weighted by molar-refractivity contribution is -0.367. The summed E-state index contributed by atoms with van der Waals surface area (Å²) in [6.45, 7) is 2.34. The van der Waals surface area contributed by atoms with Crippen LogP contribution in [0.15, 0.2) is 24.3 Å². The summed E-state index contributed by atoms with van der Waals surface area (Å²) in [5.41, 5.74) is 0. The highest BCUT2D eigenvalue weighted by Gasteiger charge is 2.55. The maximum absolute atomic E-state index is 12.1. The quantitative estimate of drug-likeness (QED) is 0.108. The number of carbonyl (C=O) groups is 2. The molecule has 0 spiro atoms. The first-order chi connectivity index (χ1) is 22.3.